The van der Waals surface area contributed by atoms with Gasteiger partial charge in [0, 0.05) is 7.05 Å². The van der Waals surface area contributed by atoms with E-state index in [1.807, 2.05) is 0 Å². The number of aromatic carboxylic acids is 1. The molecule has 2 aromatic carbocycles. The molecule has 0 bridgehead atoms. The molecule has 0 aliphatic rings. The summed E-state index contributed by atoms with van der Waals surface area (Å²) in [6.07, 6.45) is 0. The van der Waals surface area contributed by atoms with E-state index >= 15 is 0 Å². The van der Waals surface area contributed by atoms with Gasteiger partial charge in [-0.3, -0.25) is 4.79 Å². The molecular weight excluding hydrogens is 317 g/mol. The molecule has 0 aliphatic heterocycles. The summed E-state index contributed by atoms with van der Waals surface area (Å²) in [6.45, 7) is 0. The fourth-order valence-corrected chi connectivity index (χ4v) is 2.42. The summed E-state index contributed by atoms with van der Waals surface area (Å²) in [5.41, 5.74) is -0.835. The minimum absolute atomic E-state index is 0.00779. The monoisotopic (exact) mass is 329 g/mol. The molecule has 0 unspecified atom stereocenters. The number of hydrogen-bond acceptors (Lipinski definition) is 4. The van der Waals surface area contributed by atoms with Gasteiger partial charge < -0.3 is 15.4 Å². The van der Waals surface area contributed by atoms with Crippen LogP contribution in [0.2, 0.25) is 0 Å². The molecule has 0 saturated heterocycles. The summed E-state index contributed by atoms with van der Waals surface area (Å²) in [4.78, 5) is 38.2. The molecule has 7 nitrogen and oxygen atoms in total. The number of aromatic nitrogens is 2. The molecule has 0 atom stereocenters. The van der Waals surface area contributed by atoms with Crippen LogP contribution in [0.4, 0.5) is 10.1 Å². The fraction of sp³-hybridized carbons (Fsp3) is 0.0625. The molecule has 1 aromatic heterocycles. The molecule has 0 aliphatic carbocycles. The number of aromatic amines is 1. The zero-order chi connectivity index (χ0) is 17.4. The highest BCUT2D eigenvalue weighted by Crippen LogP contribution is 2.18. The highest BCUT2D eigenvalue weighted by molar-refractivity contribution is 5.87. The summed E-state index contributed by atoms with van der Waals surface area (Å²) in [7, 11) is 1.52. The molecule has 24 heavy (non-hydrogen) atoms. The lowest BCUT2D eigenvalue weighted by atomic mass is 10.2. The van der Waals surface area contributed by atoms with E-state index in [0.29, 0.717) is 0 Å². The minimum atomic E-state index is -1.12. The maximum Gasteiger partial charge on any atom is 0.335 e. The lowest BCUT2D eigenvalue weighted by Crippen LogP contribution is -2.33. The number of rotatable bonds is 3. The van der Waals surface area contributed by atoms with Crippen molar-refractivity contribution in [2.45, 2.75) is 0 Å². The van der Waals surface area contributed by atoms with Crippen LogP contribution >= 0.6 is 0 Å². The van der Waals surface area contributed by atoms with Gasteiger partial charge in [0.05, 0.1) is 27.8 Å². The number of nitrogens with one attached hydrogen (secondary N) is 2. The number of benzene rings is 2. The Morgan fingerprint density at radius 3 is 2.46 bits per heavy atom. The number of carboxylic acid groups (broad SMARTS) is 1. The first-order valence-corrected chi connectivity index (χ1v) is 6.92. The Hall–Kier alpha value is -3.42. The van der Waals surface area contributed by atoms with Crippen LogP contribution < -0.4 is 16.6 Å². The van der Waals surface area contributed by atoms with Gasteiger partial charge in [-0.25, -0.2) is 18.5 Å². The van der Waals surface area contributed by atoms with Gasteiger partial charge in [0.25, 0.3) is 5.56 Å². The molecule has 0 fully saturated rings. The van der Waals surface area contributed by atoms with Crippen molar-refractivity contribution >= 4 is 22.6 Å². The second kappa shape index (κ2) is 5.65. The van der Waals surface area contributed by atoms with Crippen molar-refractivity contribution in [3.8, 4) is 5.69 Å². The Labute approximate surface area is 134 Å². The predicted molar refractivity (Wildman–Crippen MR) is 86.6 cm³/mol. The van der Waals surface area contributed by atoms with Crippen LogP contribution in [0.1, 0.15) is 10.4 Å². The topological polar surface area (TPSA) is 104 Å². The second-order valence-electron chi connectivity index (χ2n) is 5.05. The zero-order valence-electron chi connectivity index (χ0n) is 12.5. The van der Waals surface area contributed by atoms with Crippen molar-refractivity contribution in [1.29, 1.82) is 0 Å². The third-order valence-electron chi connectivity index (χ3n) is 3.63. The first kappa shape index (κ1) is 15.5. The van der Waals surface area contributed by atoms with Gasteiger partial charge in [-0.1, -0.05) is 0 Å². The average molecular weight is 329 g/mol. The summed E-state index contributed by atoms with van der Waals surface area (Å²) in [5, 5.41) is 11.5. The van der Waals surface area contributed by atoms with E-state index in [1.54, 1.807) is 0 Å². The Morgan fingerprint density at radius 1 is 1.21 bits per heavy atom. The average Bonchev–Trinajstić information content (AvgIpc) is 2.55. The summed E-state index contributed by atoms with van der Waals surface area (Å²) < 4.78 is 14.7. The van der Waals surface area contributed by atoms with Gasteiger partial charge in [-0.15, -0.1) is 0 Å². The van der Waals surface area contributed by atoms with Gasteiger partial charge in [0.2, 0.25) is 0 Å². The van der Waals surface area contributed by atoms with E-state index in [2.05, 4.69) is 10.3 Å². The van der Waals surface area contributed by atoms with Crippen LogP contribution in [-0.4, -0.2) is 27.7 Å². The zero-order valence-corrected chi connectivity index (χ0v) is 12.5. The van der Waals surface area contributed by atoms with Crippen molar-refractivity contribution in [3.63, 3.8) is 0 Å². The van der Waals surface area contributed by atoms with Crippen LogP contribution in [0.3, 0.4) is 0 Å². The maximum absolute atomic E-state index is 13.9. The fourth-order valence-electron chi connectivity index (χ4n) is 2.42. The van der Waals surface area contributed by atoms with Crippen LogP contribution in [0.25, 0.3) is 16.6 Å². The van der Waals surface area contributed by atoms with E-state index in [1.165, 1.54) is 37.4 Å². The third-order valence-corrected chi connectivity index (χ3v) is 3.63. The quantitative estimate of drug-likeness (QED) is 0.676. The Morgan fingerprint density at radius 2 is 1.88 bits per heavy atom. The number of fused-ring (bicyclic) bond motifs is 1. The second-order valence-corrected chi connectivity index (χ2v) is 5.05. The van der Waals surface area contributed by atoms with E-state index in [-0.39, 0.29) is 27.8 Å². The van der Waals surface area contributed by atoms with Gasteiger partial charge in [-0.05, 0) is 36.4 Å². The van der Waals surface area contributed by atoms with Crippen LogP contribution in [-0.2, 0) is 0 Å². The Bertz CT molecular complexity index is 1070. The lowest BCUT2D eigenvalue weighted by molar-refractivity contribution is 0.0697. The number of H-pyrrole nitrogens is 1. The van der Waals surface area contributed by atoms with Crippen LogP contribution in [0.5, 0.6) is 0 Å². The van der Waals surface area contributed by atoms with Gasteiger partial charge in [-0.2, -0.15) is 0 Å². The summed E-state index contributed by atoms with van der Waals surface area (Å²) in [5.74, 6) is -1.75. The van der Waals surface area contributed by atoms with Gasteiger partial charge in [0.1, 0.15) is 5.82 Å². The summed E-state index contributed by atoms with van der Waals surface area (Å²) in [6, 6.07) is 7.61. The molecular formula is C16H12FN3O4. The largest absolute Gasteiger partial charge is 0.478 e. The van der Waals surface area contributed by atoms with Crippen molar-refractivity contribution in [1.82, 2.24) is 9.55 Å². The Kier molecular flexibility index (Phi) is 3.64. The first-order chi connectivity index (χ1) is 11.4. The molecule has 3 aromatic rings. The van der Waals surface area contributed by atoms with Crippen LogP contribution in [0, 0.1) is 5.82 Å². The van der Waals surface area contributed by atoms with Gasteiger partial charge >= 0.3 is 11.7 Å². The lowest BCUT2D eigenvalue weighted by Gasteiger charge is -2.09. The Balaban J connectivity index is 2.27. The number of nitrogens with zero attached hydrogens (tertiary/aromatic N) is 1. The molecule has 0 saturated carbocycles. The SMILES string of the molecule is CNc1cc2[nH]c(=O)n(-c3ccc(C(=O)O)cc3)c(=O)c2cc1F. The smallest absolute Gasteiger partial charge is 0.335 e. The van der Waals surface area contributed by atoms with Gasteiger partial charge in [0.15, 0.2) is 0 Å². The number of carboxylic acids is 1. The third kappa shape index (κ3) is 2.43. The molecule has 0 amide bonds. The number of anilines is 1. The molecule has 1 heterocycles. The maximum atomic E-state index is 13.9. The standard InChI is InChI=1S/C16H12FN3O4/c1-18-13-7-12-10(6-11(13)17)14(21)20(16(24)19-12)9-4-2-8(3-5-9)15(22)23/h2-7,18H,1H3,(H,19,24)(H,22,23). The van der Waals surface area contributed by atoms with E-state index in [9.17, 15) is 18.8 Å². The van der Waals surface area contributed by atoms with Crippen LogP contribution in [0.15, 0.2) is 46.0 Å². The molecule has 0 spiro atoms. The molecule has 8 heteroatoms. The van der Waals surface area contributed by atoms with Crippen molar-refractivity contribution in [2.75, 3.05) is 12.4 Å². The minimum Gasteiger partial charge on any atom is -0.478 e. The highest BCUT2D eigenvalue weighted by atomic mass is 19.1. The molecule has 122 valence electrons. The number of hydrogen-bond donors (Lipinski definition) is 3. The number of carbonyl (C=O) groups is 1. The molecule has 3 rings (SSSR count). The highest BCUT2D eigenvalue weighted by Gasteiger charge is 2.13. The van der Waals surface area contributed by atoms with E-state index in [0.717, 1.165) is 10.6 Å². The first-order valence-electron chi connectivity index (χ1n) is 6.92. The van der Waals surface area contributed by atoms with Crippen molar-refractivity contribution < 1.29 is 14.3 Å². The number of halogens is 1. The van der Waals surface area contributed by atoms with Crippen molar-refractivity contribution in [2.24, 2.45) is 0 Å². The summed E-state index contributed by atoms with van der Waals surface area (Å²) >= 11 is 0. The van der Waals surface area contributed by atoms with E-state index < -0.39 is 23.0 Å². The molecule has 3 N–H and O–H groups in total. The predicted octanol–water partition coefficient (Wildman–Crippen LogP) is 1.56. The van der Waals surface area contributed by atoms with Crippen molar-refractivity contribution in [3.05, 3.63) is 68.6 Å². The molecule has 0 radical (unpaired) electrons. The normalized spacial score (nSPS) is 10.8. The van der Waals surface area contributed by atoms with E-state index in [4.69, 9.17) is 5.11 Å².